The van der Waals surface area contributed by atoms with E-state index in [9.17, 15) is 4.79 Å². The fourth-order valence-electron chi connectivity index (χ4n) is 3.39. The lowest BCUT2D eigenvalue weighted by molar-refractivity contribution is -0.148. The van der Waals surface area contributed by atoms with Gasteiger partial charge in [-0.1, -0.05) is 101 Å². The first-order valence-electron chi connectivity index (χ1n) is 11.6. The first-order chi connectivity index (χ1) is 13.7. The van der Waals surface area contributed by atoms with E-state index in [1.54, 1.807) is 0 Å². The largest absolute Gasteiger partial charge is 0.458 e. The monoisotopic (exact) mass is 386 g/mol. The molecule has 2 heteroatoms. The summed E-state index contributed by atoms with van der Waals surface area (Å²) in [6, 6.07) is 9.93. The van der Waals surface area contributed by atoms with Gasteiger partial charge in [0.05, 0.1) is 0 Å². The maximum atomic E-state index is 11.9. The predicted octanol–water partition coefficient (Wildman–Crippen LogP) is 8.33. The van der Waals surface area contributed by atoms with Crippen molar-refractivity contribution in [3.63, 3.8) is 0 Å². The summed E-state index contributed by atoms with van der Waals surface area (Å²) in [5.41, 5.74) is 1.06. The van der Waals surface area contributed by atoms with Gasteiger partial charge in [-0.2, -0.15) is 0 Å². The van der Waals surface area contributed by atoms with Gasteiger partial charge in [0, 0.05) is 6.42 Å². The lowest BCUT2D eigenvalue weighted by Crippen LogP contribution is -2.08. The summed E-state index contributed by atoms with van der Waals surface area (Å²) in [4.78, 5) is 11.9. The van der Waals surface area contributed by atoms with Crippen LogP contribution in [-0.4, -0.2) is 5.97 Å². The van der Waals surface area contributed by atoms with Crippen LogP contribution in [0.25, 0.3) is 0 Å². The molecule has 0 N–H and O–H groups in total. The highest BCUT2D eigenvalue weighted by Gasteiger charge is 2.10. The highest BCUT2D eigenvalue weighted by Crippen LogP contribution is 2.17. The first-order valence-corrected chi connectivity index (χ1v) is 11.6. The molecule has 0 saturated heterocycles. The average Bonchev–Trinajstić information content (AvgIpc) is 2.71. The smallest absolute Gasteiger partial charge is 0.306 e. The summed E-state index contributed by atoms with van der Waals surface area (Å²) >= 11 is 0. The summed E-state index contributed by atoms with van der Waals surface area (Å²) in [6.45, 7) is 4.21. The number of hydrogen-bond donors (Lipinski definition) is 0. The van der Waals surface area contributed by atoms with Crippen molar-refractivity contribution in [1.29, 1.82) is 0 Å². The molecule has 0 aromatic heterocycles. The lowest BCUT2D eigenvalue weighted by Gasteiger charge is -2.13. The maximum absolute atomic E-state index is 11.9. The Kier molecular flexibility index (Phi) is 15.3. The Morgan fingerprint density at radius 2 is 1.36 bits per heavy atom. The van der Waals surface area contributed by atoms with E-state index in [2.05, 4.69) is 19.1 Å². The number of esters is 1. The van der Waals surface area contributed by atoms with E-state index in [1.807, 2.05) is 37.3 Å². The van der Waals surface area contributed by atoms with Crippen LogP contribution in [0.3, 0.4) is 0 Å². The minimum absolute atomic E-state index is 0.0750. The van der Waals surface area contributed by atoms with Crippen LogP contribution in [0.15, 0.2) is 42.5 Å². The lowest BCUT2D eigenvalue weighted by atomic mass is 10.1. The van der Waals surface area contributed by atoms with E-state index in [4.69, 9.17) is 4.74 Å². The van der Waals surface area contributed by atoms with Gasteiger partial charge >= 0.3 is 5.97 Å². The molecule has 0 bridgehead atoms. The Hall–Kier alpha value is -1.57. The second-order valence-electron chi connectivity index (χ2n) is 7.88. The summed E-state index contributed by atoms with van der Waals surface area (Å²) in [5, 5.41) is 0. The number of carbonyl (C=O) groups excluding carboxylic acids is 1. The van der Waals surface area contributed by atoms with Crippen LogP contribution in [0.2, 0.25) is 0 Å². The SMILES string of the molecule is CCCCCCCC/C=C\CCCCCCCC(=O)OC(C)c1ccccc1. The quantitative estimate of drug-likeness (QED) is 0.153. The minimum Gasteiger partial charge on any atom is -0.458 e. The zero-order chi connectivity index (χ0) is 20.3. The molecule has 0 fully saturated rings. The van der Waals surface area contributed by atoms with Gasteiger partial charge < -0.3 is 4.74 Å². The Labute approximate surface area is 173 Å². The van der Waals surface area contributed by atoms with Crippen molar-refractivity contribution in [2.24, 2.45) is 0 Å². The topological polar surface area (TPSA) is 26.3 Å². The van der Waals surface area contributed by atoms with Crippen molar-refractivity contribution in [2.45, 2.75) is 110 Å². The summed E-state index contributed by atoms with van der Waals surface area (Å²) < 4.78 is 5.51. The molecule has 1 aromatic carbocycles. The second kappa shape index (κ2) is 17.5. The zero-order valence-electron chi connectivity index (χ0n) is 18.3. The molecule has 0 radical (unpaired) electrons. The number of hydrogen-bond acceptors (Lipinski definition) is 2. The molecule has 2 nitrogen and oxygen atoms in total. The van der Waals surface area contributed by atoms with Crippen molar-refractivity contribution in [3.05, 3.63) is 48.0 Å². The van der Waals surface area contributed by atoms with Crippen molar-refractivity contribution in [1.82, 2.24) is 0 Å². The Morgan fingerprint density at radius 1 is 0.821 bits per heavy atom. The van der Waals surface area contributed by atoms with Crippen molar-refractivity contribution < 1.29 is 9.53 Å². The number of rotatable bonds is 17. The van der Waals surface area contributed by atoms with E-state index in [0.717, 1.165) is 18.4 Å². The van der Waals surface area contributed by atoms with Crippen molar-refractivity contribution in [3.8, 4) is 0 Å². The molecule has 28 heavy (non-hydrogen) atoms. The molecule has 0 heterocycles. The number of ether oxygens (including phenoxy) is 1. The van der Waals surface area contributed by atoms with Gasteiger partial charge in [-0.25, -0.2) is 0 Å². The van der Waals surface area contributed by atoms with Gasteiger partial charge in [0.1, 0.15) is 6.10 Å². The van der Waals surface area contributed by atoms with Crippen LogP contribution in [0.5, 0.6) is 0 Å². The highest BCUT2D eigenvalue weighted by molar-refractivity contribution is 5.69. The number of benzene rings is 1. The minimum atomic E-state index is -0.156. The van der Waals surface area contributed by atoms with Crippen LogP contribution in [0, 0.1) is 0 Å². The van der Waals surface area contributed by atoms with E-state index < -0.39 is 0 Å². The van der Waals surface area contributed by atoms with Crippen LogP contribution >= 0.6 is 0 Å². The standard InChI is InChI=1S/C26H42O2/c1-3-4-5-6-7-8-9-10-11-12-13-14-15-16-20-23-26(27)28-24(2)25-21-18-17-19-22-25/h10-11,17-19,21-22,24H,3-9,12-16,20,23H2,1-2H3/b11-10-. The Balaban J connectivity index is 1.88. The zero-order valence-corrected chi connectivity index (χ0v) is 18.3. The molecular weight excluding hydrogens is 344 g/mol. The molecule has 1 unspecified atom stereocenters. The molecule has 0 aliphatic carbocycles. The van der Waals surface area contributed by atoms with E-state index in [1.165, 1.54) is 70.6 Å². The fraction of sp³-hybridized carbons (Fsp3) is 0.654. The molecule has 0 aliphatic rings. The molecule has 0 spiro atoms. The third-order valence-corrected chi connectivity index (χ3v) is 5.22. The molecule has 1 aromatic rings. The molecule has 1 rings (SSSR count). The summed E-state index contributed by atoms with van der Waals surface area (Å²) in [6.07, 6.45) is 21.6. The summed E-state index contributed by atoms with van der Waals surface area (Å²) in [5.74, 6) is -0.0750. The van der Waals surface area contributed by atoms with Gasteiger partial charge in [0.2, 0.25) is 0 Å². The van der Waals surface area contributed by atoms with Crippen molar-refractivity contribution >= 4 is 5.97 Å². The van der Waals surface area contributed by atoms with Crippen molar-refractivity contribution in [2.75, 3.05) is 0 Å². The average molecular weight is 387 g/mol. The molecule has 1 atom stereocenters. The Bertz CT molecular complexity index is 506. The fourth-order valence-corrected chi connectivity index (χ4v) is 3.39. The normalized spacial score (nSPS) is 12.4. The number of allylic oxidation sites excluding steroid dienone is 2. The molecule has 0 saturated carbocycles. The van der Waals surface area contributed by atoms with Gasteiger partial charge in [-0.15, -0.1) is 0 Å². The van der Waals surface area contributed by atoms with E-state index >= 15 is 0 Å². The van der Waals surface area contributed by atoms with E-state index in [0.29, 0.717) is 6.42 Å². The maximum Gasteiger partial charge on any atom is 0.306 e. The van der Waals surface area contributed by atoms with Gasteiger partial charge in [0.25, 0.3) is 0 Å². The molecule has 158 valence electrons. The van der Waals surface area contributed by atoms with Crippen LogP contribution in [0.4, 0.5) is 0 Å². The molecule has 0 aliphatic heterocycles. The van der Waals surface area contributed by atoms with Crippen LogP contribution in [-0.2, 0) is 9.53 Å². The van der Waals surface area contributed by atoms with E-state index in [-0.39, 0.29) is 12.1 Å². The Morgan fingerprint density at radius 3 is 1.96 bits per heavy atom. The van der Waals surface area contributed by atoms with Gasteiger partial charge in [-0.3, -0.25) is 4.79 Å². The highest BCUT2D eigenvalue weighted by atomic mass is 16.5. The van der Waals surface area contributed by atoms with Gasteiger partial charge in [-0.05, 0) is 44.6 Å². The molecule has 0 amide bonds. The van der Waals surface area contributed by atoms with Crippen LogP contribution < -0.4 is 0 Å². The van der Waals surface area contributed by atoms with Gasteiger partial charge in [0.15, 0.2) is 0 Å². The first kappa shape index (κ1) is 24.5. The van der Waals surface area contributed by atoms with Crippen LogP contribution in [0.1, 0.15) is 115 Å². The third kappa shape index (κ3) is 13.6. The molecular formula is C26H42O2. The third-order valence-electron chi connectivity index (χ3n) is 5.22. The number of unbranched alkanes of at least 4 members (excludes halogenated alkanes) is 11. The second-order valence-corrected chi connectivity index (χ2v) is 7.88. The predicted molar refractivity (Wildman–Crippen MR) is 120 cm³/mol. The summed E-state index contributed by atoms with van der Waals surface area (Å²) in [7, 11) is 0. The number of carbonyl (C=O) groups is 1.